The Morgan fingerprint density at radius 1 is 1.43 bits per heavy atom. The van der Waals surface area contributed by atoms with Gasteiger partial charge in [0.2, 0.25) is 0 Å². The monoisotopic (exact) mass is 471 g/mol. The molecule has 0 bridgehead atoms. The van der Waals surface area contributed by atoms with Gasteiger partial charge >= 0.3 is 0 Å². The Balaban J connectivity index is 0.00000264. The summed E-state index contributed by atoms with van der Waals surface area (Å²) in [4.78, 5) is 9.00. The second-order valence-corrected chi connectivity index (χ2v) is 7.21. The number of hydrogen-bond donors (Lipinski definition) is 1. The van der Waals surface area contributed by atoms with E-state index in [-0.39, 0.29) is 24.0 Å². The minimum absolute atomic E-state index is 0. The van der Waals surface area contributed by atoms with Crippen LogP contribution in [0.3, 0.4) is 0 Å². The fourth-order valence-corrected chi connectivity index (χ4v) is 3.83. The van der Waals surface area contributed by atoms with Crippen molar-refractivity contribution < 1.29 is 0 Å². The van der Waals surface area contributed by atoms with Crippen molar-refractivity contribution in [3.8, 4) is 0 Å². The standard InChI is InChI=1S/C15H26ClN5S.HI/c1-17-15(18-4-5-21-6-8-22-9-7-21)20(3)12-14-10-13(16)11-19(14)2;/h10-11H,4-9,12H2,1-3H3,(H,17,18);1H. The van der Waals surface area contributed by atoms with Gasteiger partial charge in [0.1, 0.15) is 0 Å². The summed E-state index contributed by atoms with van der Waals surface area (Å²) in [5, 5.41) is 4.22. The highest BCUT2D eigenvalue weighted by atomic mass is 127. The third-order valence-corrected chi connectivity index (χ3v) is 5.01. The molecule has 1 fully saturated rings. The topological polar surface area (TPSA) is 35.8 Å². The van der Waals surface area contributed by atoms with Crippen LogP contribution in [0.15, 0.2) is 17.3 Å². The lowest BCUT2D eigenvalue weighted by Crippen LogP contribution is -2.43. The van der Waals surface area contributed by atoms with Gasteiger partial charge in [-0.2, -0.15) is 11.8 Å². The number of nitrogens with zero attached hydrogens (tertiary/aromatic N) is 4. The van der Waals surface area contributed by atoms with Crippen molar-refractivity contribution in [3.05, 3.63) is 23.0 Å². The maximum Gasteiger partial charge on any atom is 0.193 e. The zero-order chi connectivity index (χ0) is 15.9. The third kappa shape index (κ3) is 6.72. The van der Waals surface area contributed by atoms with Crippen LogP contribution in [-0.2, 0) is 13.6 Å². The number of aryl methyl sites for hydroxylation is 1. The van der Waals surface area contributed by atoms with E-state index in [1.807, 2.05) is 45.2 Å². The van der Waals surface area contributed by atoms with Crippen LogP contribution in [0.5, 0.6) is 0 Å². The molecule has 0 aliphatic carbocycles. The predicted octanol–water partition coefficient (Wildman–Crippen LogP) is 2.35. The number of halogens is 2. The molecule has 0 radical (unpaired) electrons. The van der Waals surface area contributed by atoms with Crippen molar-refractivity contribution in [2.24, 2.45) is 12.0 Å². The van der Waals surface area contributed by atoms with Crippen molar-refractivity contribution in [2.45, 2.75) is 6.54 Å². The van der Waals surface area contributed by atoms with Crippen molar-refractivity contribution in [1.29, 1.82) is 0 Å². The molecule has 2 rings (SSSR count). The SMILES string of the molecule is CN=C(NCCN1CCSCC1)N(C)Cc1cc(Cl)cn1C.I. The molecule has 1 aliphatic heterocycles. The summed E-state index contributed by atoms with van der Waals surface area (Å²) < 4.78 is 2.05. The second-order valence-electron chi connectivity index (χ2n) is 5.54. The zero-order valence-corrected chi connectivity index (χ0v) is 18.0. The number of nitrogens with one attached hydrogen (secondary N) is 1. The Morgan fingerprint density at radius 3 is 2.70 bits per heavy atom. The first-order valence-corrected chi connectivity index (χ1v) is 9.16. The highest BCUT2D eigenvalue weighted by molar-refractivity contribution is 14.0. The highest BCUT2D eigenvalue weighted by Crippen LogP contribution is 2.14. The fourth-order valence-electron chi connectivity index (χ4n) is 2.58. The van der Waals surface area contributed by atoms with Gasteiger partial charge < -0.3 is 14.8 Å². The van der Waals surface area contributed by atoms with E-state index in [1.54, 1.807) is 0 Å². The summed E-state index contributed by atoms with van der Waals surface area (Å²) >= 11 is 8.09. The molecule has 1 saturated heterocycles. The average molecular weight is 472 g/mol. The van der Waals surface area contributed by atoms with Crippen molar-refractivity contribution in [3.63, 3.8) is 0 Å². The molecule has 0 aromatic carbocycles. The Hall–Kier alpha value is -0.120. The van der Waals surface area contributed by atoms with Gasteiger partial charge in [-0.1, -0.05) is 11.6 Å². The molecular weight excluding hydrogens is 445 g/mol. The van der Waals surface area contributed by atoms with Gasteiger partial charge in [0.15, 0.2) is 5.96 Å². The van der Waals surface area contributed by atoms with Gasteiger partial charge in [-0.25, -0.2) is 0 Å². The number of hydrogen-bond acceptors (Lipinski definition) is 3. The summed E-state index contributed by atoms with van der Waals surface area (Å²) in [5.41, 5.74) is 1.17. The predicted molar refractivity (Wildman–Crippen MR) is 112 cm³/mol. The van der Waals surface area contributed by atoms with E-state index >= 15 is 0 Å². The molecule has 0 unspecified atom stereocenters. The minimum Gasteiger partial charge on any atom is -0.355 e. The maximum absolute atomic E-state index is 6.04. The van der Waals surface area contributed by atoms with E-state index in [0.717, 1.165) is 30.6 Å². The van der Waals surface area contributed by atoms with E-state index in [1.165, 1.54) is 30.3 Å². The first-order valence-electron chi connectivity index (χ1n) is 7.63. The van der Waals surface area contributed by atoms with Crippen molar-refractivity contribution in [2.75, 3.05) is 51.8 Å². The molecule has 0 saturated carbocycles. The Labute approximate surface area is 165 Å². The zero-order valence-electron chi connectivity index (χ0n) is 14.1. The van der Waals surface area contributed by atoms with Crippen LogP contribution >= 0.6 is 47.3 Å². The van der Waals surface area contributed by atoms with Crippen molar-refractivity contribution in [1.82, 2.24) is 19.7 Å². The van der Waals surface area contributed by atoms with Gasteiger partial charge in [0, 0.05) is 70.7 Å². The molecule has 8 heteroatoms. The maximum atomic E-state index is 6.04. The largest absolute Gasteiger partial charge is 0.355 e. The quantitative estimate of drug-likeness (QED) is 0.406. The summed E-state index contributed by atoms with van der Waals surface area (Å²) in [6, 6.07) is 2.00. The number of aliphatic imine (C=N–C) groups is 1. The molecule has 1 aromatic rings. The van der Waals surface area contributed by atoms with E-state index in [4.69, 9.17) is 11.6 Å². The molecule has 5 nitrogen and oxygen atoms in total. The third-order valence-electron chi connectivity index (χ3n) is 3.86. The molecule has 1 aliphatic rings. The van der Waals surface area contributed by atoms with Crippen LogP contribution in [0, 0.1) is 0 Å². The molecule has 0 spiro atoms. The number of thioether (sulfide) groups is 1. The smallest absolute Gasteiger partial charge is 0.193 e. The van der Waals surface area contributed by atoms with Crippen LogP contribution in [0.2, 0.25) is 5.02 Å². The van der Waals surface area contributed by atoms with E-state index < -0.39 is 0 Å². The summed E-state index contributed by atoms with van der Waals surface area (Å²) in [6.45, 7) is 5.17. The molecule has 0 atom stereocenters. The summed E-state index contributed by atoms with van der Waals surface area (Å²) in [6.07, 6.45) is 1.93. The molecule has 1 aromatic heterocycles. The molecule has 132 valence electrons. The first kappa shape index (κ1) is 20.9. The lowest BCUT2D eigenvalue weighted by atomic mass is 10.4. The van der Waals surface area contributed by atoms with Crippen LogP contribution in [0.25, 0.3) is 0 Å². The van der Waals surface area contributed by atoms with Gasteiger partial charge in [0.05, 0.1) is 11.6 Å². The van der Waals surface area contributed by atoms with Crippen molar-refractivity contribution >= 4 is 53.3 Å². The highest BCUT2D eigenvalue weighted by Gasteiger charge is 2.12. The Kier molecular flexibility index (Phi) is 9.72. The number of guanidine groups is 1. The first-order chi connectivity index (χ1) is 10.6. The normalized spacial score (nSPS) is 16.1. The number of aromatic nitrogens is 1. The van der Waals surface area contributed by atoms with E-state index in [9.17, 15) is 0 Å². The van der Waals surface area contributed by atoms with Crippen LogP contribution in [0.1, 0.15) is 5.69 Å². The summed E-state index contributed by atoms with van der Waals surface area (Å²) in [5.74, 6) is 3.43. The number of rotatable bonds is 5. The summed E-state index contributed by atoms with van der Waals surface area (Å²) in [7, 11) is 5.89. The van der Waals surface area contributed by atoms with Gasteiger partial charge in [-0.3, -0.25) is 9.89 Å². The lowest BCUT2D eigenvalue weighted by molar-refractivity contribution is 0.305. The molecule has 0 amide bonds. The van der Waals surface area contributed by atoms with E-state index in [2.05, 4.69) is 24.7 Å². The fraction of sp³-hybridized carbons (Fsp3) is 0.667. The lowest BCUT2D eigenvalue weighted by Gasteiger charge is -2.27. The molecule has 1 N–H and O–H groups in total. The molecule has 23 heavy (non-hydrogen) atoms. The van der Waals surface area contributed by atoms with Crippen LogP contribution in [-0.4, -0.2) is 72.1 Å². The second kappa shape index (κ2) is 10.7. The van der Waals surface area contributed by atoms with Crippen LogP contribution < -0.4 is 5.32 Å². The van der Waals surface area contributed by atoms with Gasteiger partial charge in [-0.15, -0.1) is 24.0 Å². The molecule has 2 heterocycles. The van der Waals surface area contributed by atoms with E-state index in [0.29, 0.717) is 0 Å². The van der Waals surface area contributed by atoms with Gasteiger partial charge in [0.25, 0.3) is 0 Å². The molecular formula is C15H27ClIN5S. The Bertz CT molecular complexity index is 502. The van der Waals surface area contributed by atoms with Gasteiger partial charge in [-0.05, 0) is 6.07 Å². The average Bonchev–Trinajstić information content (AvgIpc) is 2.82. The Morgan fingerprint density at radius 2 is 2.13 bits per heavy atom. The minimum atomic E-state index is 0. The van der Waals surface area contributed by atoms with Crippen LogP contribution in [0.4, 0.5) is 0 Å².